The zero-order valence-electron chi connectivity index (χ0n) is 18.5. The van der Waals surface area contributed by atoms with Gasteiger partial charge in [-0.1, -0.05) is 19.1 Å². The summed E-state index contributed by atoms with van der Waals surface area (Å²) in [5.41, 5.74) is 2.12. The number of benzene rings is 1. The third-order valence-electron chi connectivity index (χ3n) is 6.08. The number of hydrogen-bond donors (Lipinski definition) is 1. The molecular formula is C23H36N4O3. The standard InChI is InChI=1S/C23H36N4O3/c1-3-25-11-13-26(14-12-25)10-4-9-24-23(29)8-6-20-5-7-22-21(17-20)18-27(19(2)28)15-16-30-22/h5,7,17H,3-4,6,8-16,18H2,1-2H3,(H,24,29). The number of nitrogens with zero attached hydrogens (tertiary/aromatic N) is 3. The van der Waals surface area contributed by atoms with Gasteiger partial charge < -0.3 is 24.8 Å². The van der Waals surface area contributed by atoms with E-state index in [1.807, 2.05) is 12.1 Å². The largest absolute Gasteiger partial charge is 0.491 e. The lowest BCUT2D eigenvalue weighted by Crippen LogP contribution is -2.46. The summed E-state index contributed by atoms with van der Waals surface area (Å²) >= 11 is 0. The summed E-state index contributed by atoms with van der Waals surface area (Å²) in [6.45, 7) is 13.0. The predicted molar refractivity (Wildman–Crippen MR) is 118 cm³/mol. The zero-order valence-corrected chi connectivity index (χ0v) is 18.5. The molecule has 30 heavy (non-hydrogen) atoms. The van der Waals surface area contributed by atoms with Gasteiger partial charge in [-0.05, 0) is 37.6 Å². The van der Waals surface area contributed by atoms with Gasteiger partial charge in [0.2, 0.25) is 11.8 Å². The van der Waals surface area contributed by atoms with Crippen molar-refractivity contribution in [3.63, 3.8) is 0 Å². The molecule has 166 valence electrons. The van der Waals surface area contributed by atoms with Gasteiger partial charge in [-0.15, -0.1) is 0 Å². The van der Waals surface area contributed by atoms with E-state index in [2.05, 4.69) is 28.1 Å². The molecule has 0 unspecified atom stereocenters. The molecule has 0 aliphatic carbocycles. The van der Waals surface area contributed by atoms with Crippen LogP contribution in [-0.2, 0) is 22.6 Å². The minimum absolute atomic E-state index is 0.0588. The van der Waals surface area contributed by atoms with Crippen LogP contribution in [-0.4, -0.2) is 85.5 Å². The number of fused-ring (bicyclic) bond motifs is 1. The first-order valence-corrected chi connectivity index (χ1v) is 11.3. The van der Waals surface area contributed by atoms with Crippen molar-refractivity contribution < 1.29 is 14.3 Å². The molecule has 3 rings (SSSR count). The highest BCUT2D eigenvalue weighted by atomic mass is 16.5. The van der Waals surface area contributed by atoms with Gasteiger partial charge >= 0.3 is 0 Å². The lowest BCUT2D eigenvalue weighted by molar-refractivity contribution is -0.129. The predicted octanol–water partition coefficient (Wildman–Crippen LogP) is 1.50. The second kappa shape index (κ2) is 11.3. The normalized spacial score (nSPS) is 17.7. The number of ether oxygens (including phenoxy) is 1. The highest BCUT2D eigenvalue weighted by molar-refractivity contribution is 5.76. The molecule has 0 bridgehead atoms. The number of piperazine rings is 1. The molecule has 2 amide bonds. The Balaban J connectivity index is 1.36. The smallest absolute Gasteiger partial charge is 0.220 e. The molecule has 0 saturated carbocycles. The van der Waals surface area contributed by atoms with E-state index >= 15 is 0 Å². The van der Waals surface area contributed by atoms with Gasteiger partial charge in [0.1, 0.15) is 12.4 Å². The van der Waals surface area contributed by atoms with E-state index in [1.165, 1.54) is 0 Å². The molecule has 7 nitrogen and oxygen atoms in total. The first-order chi connectivity index (χ1) is 14.5. The molecule has 2 aliphatic rings. The van der Waals surface area contributed by atoms with Gasteiger partial charge in [-0.2, -0.15) is 0 Å². The van der Waals surface area contributed by atoms with E-state index in [-0.39, 0.29) is 11.8 Å². The Morgan fingerprint density at radius 3 is 2.60 bits per heavy atom. The Morgan fingerprint density at radius 2 is 1.87 bits per heavy atom. The van der Waals surface area contributed by atoms with Crippen LogP contribution in [0.1, 0.15) is 37.8 Å². The summed E-state index contributed by atoms with van der Waals surface area (Å²) in [4.78, 5) is 30.7. The molecule has 0 spiro atoms. The van der Waals surface area contributed by atoms with Crippen LogP contribution in [0, 0.1) is 0 Å². The molecule has 2 aliphatic heterocycles. The summed E-state index contributed by atoms with van der Waals surface area (Å²) in [6, 6.07) is 6.05. The molecular weight excluding hydrogens is 380 g/mol. The van der Waals surface area contributed by atoms with E-state index in [0.29, 0.717) is 32.5 Å². The highest BCUT2D eigenvalue weighted by Crippen LogP contribution is 2.25. The second-order valence-corrected chi connectivity index (χ2v) is 8.21. The Morgan fingerprint density at radius 1 is 1.10 bits per heavy atom. The van der Waals surface area contributed by atoms with Crippen LogP contribution in [0.25, 0.3) is 0 Å². The Labute approximate surface area is 180 Å². The topological polar surface area (TPSA) is 65.1 Å². The van der Waals surface area contributed by atoms with Gasteiger partial charge in [-0.3, -0.25) is 9.59 Å². The van der Waals surface area contributed by atoms with Crippen molar-refractivity contribution in [1.29, 1.82) is 0 Å². The Kier molecular flexibility index (Phi) is 8.51. The van der Waals surface area contributed by atoms with Crippen molar-refractivity contribution in [2.24, 2.45) is 0 Å². The lowest BCUT2D eigenvalue weighted by Gasteiger charge is -2.33. The fraction of sp³-hybridized carbons (Fsp3) is 0.652. The van der Waals surface area contributed by atoms with Crippen LogP contribution in [0.2, 0.25) is 0 Å². The van der Waals surface area contributed by atoms with E-state index in [1.54, 1.807) is 11.8 Å². The van der Waals surface area contributed by atoms with E-state index in [9.17, 15) is 9.59 Å². The van der Waals surface area contributed by atoms with Gasteiger partial charge in [0.05, 0.1) is 6.54 Å². The number of aryl methyl sites for hydroxylation is 1. The molecule has 1 aromatic carbocycles. The molecule has 1 saturated heterocycles. The van der Waals surface area contributed by atoms with E-state index in [4.69, 9.17) is 4.74 Å². The average molecular weight is 417 g/mol. The summed E-state index contributed by atoms with van der Waals surface area (Å²) in [5.74, 6) is 0.998. The van der Waals surface area contributed by atoms with Crippen LogP contribution in [0.15, 0.2) is 18.2 Å². The molecule has 0 atom stereocenters. The van der Waals surface area contributed by atoms with Crippen molar-refractivity contribution in [3.8, 4) is 5.75 Å². The Hall–Kier alpha value is -2.12. The molecule has 1 aromatic rings. The summed E-state index contributed by atoms with van der Waals surface area (Å²) < 4.78 is 5.76. The van der Waals surface area contributed by atoms with Crippen molar-refractivity contribution in [3.05, 3.63) is 29.3 Å². The summed E-state index contributed by atoms with van der Waals surface area (Å²) in [5, 5.41) is 3.05. The maximum absolute atomic E-state index is 12.2. The monoisotopic (exact) mass is 416 g/mol. The van der Waals surface area contributed by atoms with E-state index in [0.717, 1.165) is 69.1 Å². The average Bonchev–Trinajstić information content (AvgIpc) is 2.98. The van der Waals surface area contributed by atoms with Crippen molar-refractivity contribution >= 4 is 11.8 Å². The quantitative estimate of drug-likeness (QED) is 0.651. The molecule has 1 N–H and O–H groups in total. The number of rotatable bonds is 8. The van der Waals surface area contributed by atoms with Gasteiger partial charge in [0, 0.05) is 58.2 Å². The first kappa shape index (κ1) is 22.6. The SMILES string of the molecule is CCN1CCN(CCCNC(=O)CCc2ccc3c(c2)CN(C(C)=O)CCO3)CC1. The maximum Gasteiger partial charge on any atom is 0.220 e. The van der Waals surface area contributed by atoms with Crippen LogP contribution in [0.4, 0.5) is 0 Å². The van der Waals surface area contributed by atoms with Crippen molar-refractivity contribution in [2.45, 2.75) is 39.7 Å². The van der Waals surface area contributed by atoms with Crippen LogP contribution in [0.5, 0.6) is 5.75 Å². The molecule has 0 aromatic heterocycles. The third-order valence-corrected chi connectivity index (χ3v) is 6.08. The van der Waals surface area contributed by atoms with Crippen LogP contribution >= 0.6 is 0 Å². The molecule has 2 heterocycles. The van der Waals surface area contributed by atoms with Crippen molar-refractivity contribution in [2.75, 3.05) is 59.0 Å². The molecule has 7 heteroatoms. The summed E-state index contributed by atoms with van der Waals surface area (Å²) in [7, 11) is 0. The van der Waals surface area contributed by atoms with Gasteiger partial charge in [0.15, 0.2) is 0 Å². The lowest BCUT2D eigenvalue weighted by atomic mass is 10.0. The molecule has 0 radical (unpaired) electrons. The number of hydrogen-bond acceptors (Lipinski definition) is 5. The fourth-order valence-electron chi connectivity index (χ4n) is 4.08. The minimum Gasteiger partial charge on any atom is -0.491 e. The maximum atomic E-state index is 12.2. The Bertz CT molecular complexity index is 716. The fourth-order valence-corrected chi connectivity index (χ4v) is 4.08. The molecule has 1 fully saturated rings. The number of nitrogens with one attached hydrogen (secondary N) is 1. The highest BCUT2D eigenvalue weighted by Gasteiger charge is 2.18. The van der Waals surface area contributed by atoms with E-state index < -0.39 is 0 Å². The van der Waals surface area contributed by atoms with Crippen LogP contribution < -0.4 is 10.1 Å². The number of carbonyl (C=O) groups is 2. The minimum atomic E-state index is 0.0588. The van der Waals surface area contributed by atoms with Gasteiger partial charge in [-0.25, -0.2) is 0 Å². The zero-order chi connectivity index (χ0) is 21.3. The first-order valence-electron chi connectivity index (χ1n) is 11.3. The number of likely N-dealkylation sites (N-methyl/N-ethyl adjacent to an activating group) is 1. The van der Waals surface area contributed by atoms with Crippen LogP contribution in [0.3, 0.4) is 0 Å². The second-order valence-electron chi connectivity index (χ2n) is 8.21. The number of carbonyl (C=O) groups excluding carboxylic acids is 2. The summed E-state index contributed by atoms with van der Waals surface area (Å²) in [6.07, 6.45) is 2.17. The van der Waals surface area contributed by atoms with Gasteiger partial charge in [0.25, 0.3) is 0 Å². The van der Waals surface area contributed by atoms with Crippen molar-refractivity contribution in [1.82, 2.24) is 20.0 Å². The number of amides is 2. The third kappa shape index (κ3) is 6.71.